The molecule has 19 heavy (non-hydrogen) atoms. The van der Waals surface area contributed by atoms with Crippen molar-refractivity contribution in [2.75, 3.05) is 18.0 Å². The lowest BCUT2D eigenvalue weighted by atomic mass is 10.1. The fraction of sp³-hybridized carbons (Fsp3) is 0.583. The normalized spacial score (nSPS) is 16.7. The molecule has 2 rings (SSSR count). The fourth-order valence-electron chi connectivity index (χ4n) is 1.65. The summed E-state index contributed by atoms with van der Waals surface area (Å²) in [6.45, 7) is 7.40. The molecule has 0 aromatic carbocycles. The summed E-state index contributed by atoms with van der Waals surface area (Å²) in [5.74, 6) is -0.554. The Hall–Kier alpha value is -1.47. The van der Waals surface area contributed by atoms with Crippen molar-refractivity contribution in [2.45, 2.75) is 32.9 Å². The number of hydrogen-bond acceptors (Lipinski definition) is 6. The van der Waals surface area contributed by atoms with Gasteiger partial charge >= 0.3 is 0 Å². The van der Waals surface area contributed by atoms with Gasteiger partial charge in [-0.05, 0) is 20.8 Å². The van der Waals surface area contributed by atoms with E-state index in [4.69, 9.17) is 0 Å². The third-order valence-corrected chi connectivity index (χ3v) is 3.61. The predicted octanol–water partition coefficient (Wildman–Crippen LogP) is 0.494. The lowest BCUT2D eigenvalue weighted by Crippen LogP contribution is -2.51. The van der Waals surface area contributed by atoms with Crippen LogP contribution in [0.1, 0.15) is 25.6 Å². The summed E-state index contributed by atoms with van der Waals surface area (Å²) in [4.78, 5) is 29.7. The Balaban J connectivity index is 2.00. The molecule has 0 atom stereocenters. The molecule has 0 bridgehead atoms. The topological polar surface area (TPSA) is 74.3 Å². The van der Waals surface area contributed by atoms with Crippen LogP contribution in [0.2, 0.25) is 0 Å². The van der Waals surface area contributed by atoms with Gasteiger partial charge in [0.25, 0.3) is 0 Å². The number of aromatic nitrogens is 1. The Morgan fingerprint density at radius 1 is 1.37 bits per heavy atom. The van der Waals surface area contributed by atoms with Crippen molar-refractivity contribution in [2.24, 2.45) is 0 Å². The summed E-state index contributed by atoms with van der Waals surface area (Å²) in [6.07, 6.45) is 1.79. The van der Waals surface area contributed by atoms with Crippen LogP contribution in [0.25, 0.3) is 0 Å². The number of nitrogens with zero attached hydrogens (tertiary/aromatic N) is 2. The maximum absolute atomic E-state index is 11.3. The van der Waals surface area contributed by atoms with Crippen LogP contribution < -0.4 is 15.5 Å². The van der Waals surface area contributed by atoms with Gasteiger partial charge in [0.2, 0.25) is 11.8 Å². The Bertz CT molecular complexity index is 476. The molecule has 6 nitrogen and oxygen atoms in total. The van der Waals surface area contributed by atoms with Crippen LogP contribution in [0, 0.1) is 0 Å². The molecule has 0 radical (unpaired) electrons. The van der Waals surface area contributed by atoms with Gasteiger partial charge in [-0.1, -0.05) is 0 Å². The first kappa shape index (κ1) is 14.0. The molecule has 1 aliphatic heterocycles. The van der Waals surface area contributed by atoms with Crippen molar-refractivity contribution in [3.05, 3.63) is 11.1 Å². The number of nitrogens with one attached hydrogen (secondary N) is 2. The van der Waals surface area contributed by atoms with Crippen LogP contribution >= 0.6 is 11.3 Å². The largest absolute Gasteiger partial charge is 0.329 e. The summed E-state index contributed by atoms with van der Waals surface area (Å²) >= 11 is 1.50. The zero-order valence-corrected chi connectivity index (χ0v) is 12.1. The van der Waals surface area contributed by atoms with E-state index in [1.165, 1.54) is 11.3 Å². The Morgan fingerprint density at radius 2 is 2.00 bits per heavy atom. The van der Waals surface area contributed by atoms with Gasteiger partial charge in [0.05, 0.1) is 0 Å². The van der Waals surface area contributed by atoms with E-state index in [0.29, 0.717) is 5.13 Å². The molecule has 104 valence electrons. The highest BCUT2D eigenvalue weighted by Gasteiger charge is 2.24. The highest BCUT2D eigenvalue weighted by molar-refractivity contribution is 7.15. The van der Waals surface area contributed by atoms with Crippen LogP contribution in [0.3, 0.4) is 0 Å². The molecule has 7 heteroatoms. The monoisotopic (exact) mass is 282 g/mol. The first-order valence-electron chi connectivity index (χ1n) is 6.11. The highest BCUT2D eigenvalue weighted by atomic mass is 32.1. The van der Waals surface area contributed by atoms with E-state index in [1.54, 1.807) is 11.1 Å². The summed E-state index contributed by atoms with van der Waals surface area (Å²) in [7, 11) is 0. The Morgan fingerprint density at radius 3 is 2.58 bits per heavy atom. The molecule has 0 spiro atoms. The second-order valence-electron chi connectivity index (χ2n) is 5.54. The molecule has 1 aromatic rings. The minimum Gasteiger partial charge on any atom is -0.329 e. The van der Waals surface area contributed by atoms with Gasteiger partial charge < -0.3 is 10.2 Å². The van der Waals surface area contributed by atoms with E-state index in [2.05, 4.69) is 36.4 Å². The molecule has 1 fully saturated rings. The average molecular weight is 282 g/mol. The van der Waals surface area contributed by atoms with Crippen LogP contribution in [0.15, 0.2) is 6.20 Å². The highest BCUT2D eigenvalue weighted by Crippen LogP contribution is 2.23. The summed E-state index contributed by atoms with van der Waals surface area (Å²) in [5, 5.41) is 6.37. The molecule has 2 amide bonds. The van der Waals surface area contributed by atoms with Crippen molar-refractivity contribution >= 4 is 28.3 Å². The zero-order valence-electron chi connectivity index (χ0n) is 11.3. The number of carbonyl (C=O) groups excluding carboxylic acids is 2. The van der Waals surface area contributed by atoms with E-state index >= 15 is 0 Å². The molecular weight excluding hydrogens is 264 g/mol. The maximum Gasteiger partial charge on any atom is 0.246 e. The van der Waals surface area contributed by atoms with E-state index in [1.807, 2.05) is 0 Å². The minimum absolute atomic E-state index is 0.0468. The third-order valence-electron chi connectivity index (χ3n) is 2.55. The number of anilines is 1. The number of carbonyl (C=O) groups is 2. The van der Waals surface area contributed by atoms with E-state index in [-0.39, 0.29) is 30.4 Å². The van der Waals surface area contributed by atoms with Crippen molar-refractivity contribution in [1.82, 2.24) is 15.6 Å². The van der Waals surface area contributed by atoms with Crippen molar-refractivity contribution in [1.29, 1.82) is 0 Å². The number of imide groups is 1. The smallest absolute Gasteiger partial charge is 0.246 e. The molecule has 0 aliphatic carbocycles. The molecule has 1 aromatic heterocycles. The first-order valence-corrected chi connectivity index (χ1v) is 6.92. The molecule has 2 N–H and O–H groups in total. The maximum atomic E-state index is 11.3. The van der Waals surface area contributed by atoms with Gasteiger partial charge in [0.15, 0.2) is 5.13 Å². The quantitative estimate of drug-likeness (QED) is 0.790. The van der Waals surface area contributed by atoms with Crippen LogP contribution in [-0.4, -0.2) is 35.4 Å². The average Bonchev–Trinajstić information content (AvgIpc) is 2.72. The van der Waals surface area contributed by atoms with Crippen LogP contribution in [-0.2, 0) is 16.1 Å². The number of hydrogen-bond donors (Lipinski definition) is 2. The van der Waals surface area contributed by atoms with Crippen molar-refractivity contribution in [3.63, 3.8) is 0 Å². The standard InChI is InChI=1S/C12H18N4O2S/c1-12(2,3)14-5-8-4-13-11(19-8)16-6-9(17)15-10(18)7-16/h4,14H,5-7H2,1-3H3,(H,15,17,18). The Labute approximate surface area is 116 Å². The fourth-order valence-corrected chi connectivity index (χ4v) is 2.50. The number of piperazine rings is 1. The van der Waals surface area contributed by atoms with Gasteiger partial charge in [0.1, 0.15) is 13.1 Å². The van der Waals surface area contributed by atoms with E-state index in [9.17, 15) is 9.59 Å². The number of amides is 2. The van der Waals surface area contributed by atoms with Crippen molar-refractivity contribution < 1.29 is 9.59 Å². The molecule has 1 aliphatic rings. The van der Waals surface area contributed by atoms with E-state index < -0.39 is 0 Å². The van der Waals surface area contributed by atoms with Gasteiger partial charge in [-0.25, -0.2) is 4.98 Å². The lowest BCUT2D eigenvalue weighted by molar-refractivity contribution is -0.130. The van der Waals surface area contributed by atoms with Gasteiger partial charge in [-0.2, -0.15) is 0 Å². The molecule has 1 saturated heterocycles. The molecule has 0 unspecified atom stereocenters. The number of thiazole rings is 1. The molecule has 0 saturated carbocycles. The predicted molar refractivity (Wildman–Crippen MR) is 74.1 cm³/mol. The summed E-state index contributed by atoms with van der Waals surface area (Å²) in [5.41, 5.74) is 0.0468. The van der Waals surface area contributed by atoms with Crippen molar-refractivity contribution in [3.8, 4) is 0 Å². The third kappa shape index (κ3) is 4.00. The van der Waals surface area contributed by atoms with Crippen LogP contribution in [0.5, 0.6) is 0 Å². The second-order valence-corrected chi connectivity index (χ2v) is 6.63. The lowest BCUT2D eigenvalue weighted by Gasteiger charge is -2.24. The van der Waals surface area contributed by atoms with E-state index in [0.717, 1.165) is 11.4 Å². The van der Waals surface area contributed by atoms with Gasteiger partial charge in [-0.15, -0.1) is 11.3 Å². The van der Waals surface area contributed by atoms with Crippen LogP contribution in [0.4, 0.5) is 5.13 Å². The Kier molecular flexibility index (Phi) is 3.86. The second kappa shape index (κ2) is 5.26. The summed E-state index contributed by atoms with van der Waals surface area (Å²) in [6, 6.07) is 0. The molecular formula is C12H18N4O2S. The number of rotatable bonds is 3. The summed E-state index contributed by atoms with van der Waals surface area (Å²) < 4.78 is 0. The zero-order chi connectivity index (χ0) is 14.0. The minimum atomic E-state index is -0.277. The molecule has 2 heterocycles. The van der Waals surface area contributed by atoms with Gasteiger partial charge in [0, 0.05) is 23.2 Å². The van der Waals surface area contributed by atoms with Gasteiger partial charge in [-0.3, -0.25) is 14.9 Å². The first-order chi connectivity index (χ1) is 8.83. The SMILES string of the molecule is CC(C)(C)NCc1cnc(N2CC(=O)NC(=O)C2)s1.